The van der Waals surface area contributed by atoms with Gasteiger partial charge < -0.3 is 2.85 Å². The molecule has 0 aliphatic carbocycles. The number of hydrogen-bond donors (Lipinski definition) is 0. The first-order valence-corrected chi connectivity index (χ1v) is 4.39. The summed E-state index contributed by atoms with van der Waals surface area (Å²) in [6, 6.07) is 0. The molecule has 0 fully saturated rings. The monoisotopic (exact) mass is 213 g/mol. The molecule has 0 aromatic rings. The van der Waals surface area contributed by atoms with Gasteiger partial charge in [0, 0.05) is 8.41 Å². The van der Waals surface area contributed by atoms with Gasteiger partial charge in [-0.15, -0.1) is 0 Å². The van der Waals surface area contributed by atoms with Crippen LogP contribution in [0.4, 0.5) is 0 Å². The zero-order valence-electron chi connectivity index (χ0n) is 10.6. The average molecular weight is 213 g/mol. The molecule has 0 spiro atoms. The Morgan fingerprint density at radius 3 is 1.62 bits per heavy atom. The summed E-state index contributed by atoms with van der Waals surface area (Å²) in [6.07, 6.45) is 0. The molecule has 0 aliphatic heterocycles. The Balaban J connectivity index is -0.0000000833. The fourth-order valence-corrected chi connectivity index (χ4v) is 0.888. The quantitative estimate of drug-likeness (QED) is 0.312. The van der Waals surface area contributed by atoms with Crippen molar-refractivity contribution in [3.63, 3.8) is 0 Å². The van der Waals surface area contributed by atoms with Crippen LogP contribution in [0.5, 0.6) is 0 Å². The van der Waals surface area contributed by atoms with Gasteiger partial charge >= 0.3 is 103 Å². The first-order chi connectivity index (χ1) is 5.41. The van der Waals surface area contributed by atoms with Gasteiger partial charge in [-0.2, -0.15) is 0 Å². The summed E-state index contributed by atoms with van der Waals surface area (Å²) < 4.78 is 19.8. The van der Waals surface area contributed by atoms with Crippen molar-refractivity contribution in [3.05, 3.63) is 0 Å². The van der Waals surface area contributed by atoms with Crippen molar-refractivity contribution in [2.45, 2.75) is 0 Å². The maximum Gasteiger partial charge on any atom is 1.00 e. The third kappa shape index (κ3) is 19.7. The minimum atomic E-state index is -0.349. The zero-order valence-corrected chi connectivity index (χ0v) is 11.8. The molecule has 13 heavy (non-hydrogen) atoms. The topological polar surface area (TPSA) is 36.9 Å². The van der Waals surface area contributed by atoms with Crippen LogP contribution >= 0.6 is 0 Å². The van der Waals surface area contributed by atoms with Gasteiger partial charge in [-0.3, -0.25) is 0 Å². The molecule has 0 heterocycles. The molecule has 71 valence electrons. The molecule has 0 saturated carbocycles. The van der Waals surface area contributed by atoms with E-state index in [1.54, 1.807) is 14.2 Å². The van der Waals surface area contributed by atoms with E-state index in [-0.39, 0.29) is 56.7 Å². The van der Waals surface area contributed by atoms with Gasteiger partial charge in [0.25, 0.3) is 0 Å². The van der Waals surface area contributed by atoms with Gasteiger partial charge in [-0.25, -0.2) is 0 Å². The minimum absolute atomic E-state index is 0. The van der Waals surface area contributed by atoms with Crippen molar-refractivity contribution >= 4 is 24.3 Å². The molecule has 3 radical (unpaired) electrons. The van der Waals surface area contributed by atoms with Crippen LogP contribution in [0, 0.1) is 0 Å². The molecular weight excluding hydrogens is 197 g/mol. The van der Waals surface area contributed by atoms with E-state index in [0.29, 0.717) is 26.4 Å². The maximum absolute atomic E-state index is 5.10. The fraction of sp³-hybridized carbons (Fsp3) is 1.00. The van der Waals surface area contributed by atoms with Crippen LogP contribution in [0.25, 0.3) is 0 Å². The van der Waals surface area contributed by atoms with E-state index in [1.807, 2.05) is 0 Å². The molecule has 0 aromatic carbocycles. The first kappa shape index (κ1) is 19.9. The smallest absolute Gasteiger partial charge is 1.00 e. The second kappa shape index (κ2) is 19.1. The summed E-state index contributed by atoms with van der Waals surface area (Å²) in [5.41, 5.74) is 0. The number of rotatable bonds is 8. The van der Waals surface area contributed by atoms with Gasteiger partial charge in [0.05, 0.1) is 0 Å². The van der Waals surface area contributed by atoms with Crippen molar-refractivity contribution < 1.29 is 49.5 Å². The molecule has 0 aliphatic rings. The van der Waals surface area contributed by atoms with Crippen molar-refractivity contribution in [2.75, 3.05) is 40.6 Å². The molecular formula is C6H16AlBNaO4. The van der Waals surface area contributed by atoms with Crippen molar-refractivity contribution in [3.8, 4) is 0 Å². The van der Waals surface area contributed by atoms with Gasteiger partial charge in [0.2, 0.25) is 0 Å². The molecule has 7 heteroatoms. The van der Waals surface area contributed by atoms with Crippen LogP contribution in [0.3, 0.4) is 0 Å². The number of hydrogen-bond acceptors (Lipinski definition) is 4. The van der Waals surface area contributed by atoms with E-state index in [1.165, 1.54) is 0 Å². The van der Waals surface area contributed by atoms with Crippen LogP contribution in [0.1, 0.15) is 2.85 Å². The van der Waals surface area contributed by atoms with Crippen LogP contribution in [0.2, 0.25) is 0 Å². The molecule has 0 amide bonds. The van der Waals surface area contributed by atoms with Gasteiger partial charge in [-0.05, 0) is 0 Å². The van der Waals surface area contributed by atoms with Crippen molar-refractivity contribution in [1.82, 2.24) is 0 Å². The van der Waals surface area contributed by atoms with Gasteiger partial charge in [0.15, 0.2) is 0 Å². The van der Waals surface area contributed by atoms with Crippen LogP contribution in [-0.4, -0.2) is 64.9 Å². The third-order valence-corrected chi connectivity index (χ3v) is 1.69. The Morgan fingerprint density at radius 2 is 1.31 bits per heavy atom. The van der Waals surface area contributed by atoms with Crippen LogP contribution in [0.15, 0.2) is 0 Å². The van der Waals surface area contributed by atoms with Crippen LogP contribution in [-0.2, 0) is 17.1 Å². The number of methoxy groups -OCH3 is 2. The van der Waals surface area contributed by atoms with Crippen LogP contribution < -0.4 is 29.6 Å². The average Bonchev–Trinajstić information content (AvgIpc) is 2.03. The summed E-state index contributed by atoms with van der Waals surface area (Å²) in [6.45, 7) is 2.47. The molecule has 0 aromatic heterocycles. The molecule has 0 saturated heterocycles. The van der Waals surface area contributed by atoms with Crippen molar-refractivity contribution in [2.24, 2.45) is 0 Å². The third-order valence-electron chi connectivity index (χ3n) is 0.947. The molecule has 0 atom stereocenters. The normalized spacial score (nSPS) is 8.15. The molecule has 0 rings (SSSR count). The Bertz CT molecular complexity index is 82.2. The SMILES string of the molecule is COCC[O][Al+][O]CCOC.[B].[H-].[H-].[Na+]. The summed E-state index contributed by atoms with van der Waals surface area (Å²) in [7, 11) is 3.29. The summed E-state index contributed by atoms with van der Waals surface area (Å²) in [4.78, 5) is 0. The Morgan fingerprint density at radius 1 is 0.923 bits per heavy atom. The van der Waals surface area contributed by atoms with E-state index in [0.717, 1.165) is 0 Å². The van der Waals surface area contributed by atoms with Crippen molar-refractivity contribution in [1.29, 1.82) is 0 Å². The predicted octanol–water partition coefficient (Wildman–Crippen LogP) is -3.31. The van der Waals surface area contributed by atoms with E-state index >= 15 is 0 Å². The fourth-order valence-electron chi connectivity index (χ4n) is 0.407. The summed E-state index contributed by atoms with van der Waals surface area (Å²) in [5, 5.41) is 0. The second-order valence-corrected chi connectivity index (χ2v) is 2.68. The minimum Gasteiger partial charge on any atom is -1.00 e. The molecule has 4 nitrogen and oxygen atoms in total. The van der Waals surface area contributed by atoms with E-state index in [9.17, 15) is 0 Å². The van der Waals surface area contributed by atoms with Gasteiger partial charge in [0.1, 0.15) is 0 Å². The summed E-state index contributed by atoms with van der Waals surface area (Å²) >= 11 is -0.349. The zero-order chi connectivity index (χ0) is 8.36. The van der Waals surface area contributed by atoms with Gasteiger partial charge in [-0.1, -0.05) is 0 Å². The first-order valence-electron chi connectivity index (χ1n) is 3.44. The van der Waals surface area contributed by atoms with E-state index < -0.39 is 0 Å². The molecule has 0 bridgehead atoms. The van der Waals surface area contributed by atoms with E-state index in [2.05, 4.69) is 0 Å². The Labute approximate surface area is 114 Å². The largest absolute Gasteiger partial charge is 1.00 e. The van der Waals surface area contributed by atoms with E-state index in [4.69, 9.17) is 17.1 Å². The standard InChI is InChI=1S/2C3H7O2.Al.B.Na.2H/c2*1-5-3-2-4;;;;;/h2*2-3H2,1H3;;;;;/q2*-1;+3;;+1;2*-1. The summed E-state index contributed by atoms with van der Waals surface area (Å²) in [5.74, 6) is 0. The molecule has 0 N–H and O–H groups in total. The predicted molar refractivity (Wildman–Crippen MR) is 49.4 cm³/mol. The molecule has 0 unspecified atom stereocenters. The number of ether oxygens (including phenoxy) is 2. The Kier molecular flexibility index (Phi) is 29.2. The Hall–Kier alpha value is 1.44. The maximum atomic E-state index is 5.10. The second-order valence-electron chi connectivity index (χ2n) is 1.82.